The minimum atomic E-state index is 0.243. The van der Waals surface area contributed by atoms with Crippen LogP contribution < -0.4 is 5.32 Å². The van der Waals surface area contributed by atoms with Gasteiger partial charge in [-0.25, -0.2) is 0 Å². The highest BCUT2D eigenvalue weighted by Gasteiger charge is 2.46. The molecule has 1 aromatic heterocycles. The van der Waals surface area contributed by atoms with E-state index in [-0.39, 0.29) is 5.54 Å². The summed E-state index contributed by atoms with van der Waals surface area (Å²) in [5.41, 5.74) is 0.243. The lowest BCUT2D eigenvalue weighted by Crippen LogP contribution is -2.55. The molecule has 0 amide bonds. The molecule has 1 saturated carbocycles. The van der Waals surface area contributed by atoms with Crippen molar-refractivity contribution in [2.24, 2.45) is 0 Å². The Hall–Kier alpha value is -0.0900. The Balaban J connectivity index is 2.38. The van der Waals surface area contributed by atoms with Crippen molar-refractivity contribution in [3.63, 3.8) is 0 Å². The minimum absolute atomic E-state index is 0.243. The van der Waals surface area contributed by atoms with Gasteiger partial charge in [-0.1, -0.05) is 45.2 Å². The maximum atomic E-state index is 6.50. The number of rotatable bonds is 8. The van der Waals surface area contributed by atoms with Crippen molar-refractivity contribution in [1.29, 1.82) is 0 Å². The second kappa shape index (κ2) is 7.96. The van der Waals surface area contributed by atoms with Gasteiger partial charge in [0.2, 0.25) is 0 Å². The van der Waals surface area contributed by atoms with Gasteiger partial charge in [-0.3, -0.25) is 4.90 Å². The number of nitrogens with zero attached hydrogens (tertiary/aromatic N) is 1. The lowest BCUT2D eigenvalue weighted by molar-refractivity contribution is 0.0639. The topological polar surface area (TPSA) is 15.3 Å². The van der Waals surface area contributed by atoms with Crippen LogP contribution in [0.5, 0.6) is 0 Å². The van der Waals surface area contributed by atoms with E-state index in [2.05, 4.69) is 36.4 Å². The van der Waals surface area contributed by atoms with Gasteiger partial charge in [-0.15, -0.1) is 11.3 Å². The zero-order valence-electron chi connectivity index (χ0n) is 13.6. The van der Waals surface area contributed by atoms with Gasteiger partial charge in [-0.2, -0.15) is 0 Å². The average Bonchev–Trinajstić information content (AvgIpc) is 3.12. The molecule has 0 aromatic carbocycles. The fraction of sp³-hybridized carbons (Fsp3) is 0.765. The molecule has 21 heavy (non-hydrogen) atoms. The van der Waals surface area contributed by atoms with Gasteiger partial charge < -0.3 is 5.32 Å². The van der Waals surface area contributed by atoms with Crippen LogP contribution in [0.2, 0.25) is 5.02 Å². The maximum Gasteiger partial charge on any atom is 0.0616 e. The number of hydrogen-bond donors (Lipinski definition) is 1. The summed E-state index contributed by atoms with van der Waals surface area (Å²) in [6, 6.07) is 2.42. The standard InChI is InChI=1S/C17H29ClN2S/c1-4-12-19-16(15-14(18)9-13-21-15)17(10-7-8-11-17)20(5-2)6-3/h9,13,16,19H,4-8,10-12H2,1-3H3. The third-order valence-electron chi connectivity index (χ3n) is 4.91. The van der Waals surface area contributed by atoms with Crippen LogP contribution in [-0.4, -0.2) is 30.1 Å². The van der Waals surface area contributed by atoms with Crippen LogP contribution in [0, 0.1) is 0 Å². The van der Waals surface area contributed by atoms with Gasteiger partial charge in [-0.05, 0) is 50.3 Å². The molecule has 1 aliphatic carbocycles. The van der Waals surface area contributed by atoms with Gasteiger partial charge in [0.05, 0.1) is 11.1 Å². The van der Waals surface area contributed by atoms with Crippen molar-refractivity contribution >= 4 is 22.9 Å². The van der Waals surface area contributed by atoms with E-state index in [1.54, 1.807) is 0 Å². The summed E-state index contributed by atoms with van der Waals surface area (Å²) in [7, 11) is 0. The zero-order valence-corrected chi connectivity index (χ0v) is 15.2. The van der Waals surface area contributed by atoms with Gasteiger partial charge in [0.1, 0.15) is 0 Å². The van der Waals surface area contributed by atoms with E-state index in [1.807, 2.05) is 17.4 Å². The Morgan fingerprint density at radius 1 is 1.29 bits per heavy atom. The smallest absolute Gasteiger partial charge is 0.0616 e. The first kappa shape index (κ1) is 17.3. The molecular formula is C17H29ClN2S. The molecule has 1 heterocycles. The van der Waals surface area contributed by atoms with E-state index in [0.717, 1.165) is 31.1 Å². The molecule has 1 aliphatic rings. The summed E-state index contributed by atoms with van der Waals surface area (Å²) in [5.74, 6) is 0. The van der Waals surface area contributed by atoms with E-state index in [0.29, 0.717) is 6.04 Å². The highest BCUT2D eigenvalue weighted by Crippen LogP contribution is 2.47. The molecule has 4 heteroatoms. The highest BCUT2D eigenvalue weighted by molar-refractivity contribution is 7.10. The third-order valence-corrected chi connectivity index (χ3v) is 6.33. The van der Waals surface area contributed by atoms with Crippen molar-refractivity contribution < 1.29 is 0 Å². The average molecular weight is 329 g/mol. The largest absolute Gasteiger partial charge is 0.308 e. The first-order valence-electron chi connectivity index (χ1n) is 8.40. The van der Waals surface area contributed by atoms with Crippen molar-refractivity contribution in [3.8, 4) is 0 Å². The van der Waals surface area contributed by atoms with E-state index in [4.69, 9.17) is 11.6 Å². The van der Waals surface area contributed by atoms with Crippen molar-refractivity contribution in [1.82, 2.24) is 10.2 Å². The molecule has 1 fully saturated rings. The summed E-state index contributed by atoms with van der Waals surface area (Å²) >= 11 is 8.31. The van der Waals surface area contributed by atoms with Crippen LogP contribution in [0.15, 0.2) is 11.4 Å². The monoisotopic (exact) mass is 328 g/mol. The first-order valence-corrected chi connectivity index (χ1v) is 9.66. The lowest BCUT2D eigenvalue weighted by atomic mass is 9.84. The number of nitrogens with one attached hydrogen (secondary N) is 1. The number of thiophene rings is 1. The van der Waals surface area contributed by atoms with E-state index in [1.165, 1.54) is 30.6 Å². The van der Waals surface area contributed by atoms with Gasteiger partial charge in [0, 0.05) is 10.4 Å². The van der Waals surface area contributed by atoms with E-state index >= 15 is 0 Å². The SMILES string of the molecule is CCCNC(c1sccc1Cl)C1(N(CC)CC)CCCC1. The Bertz CT molecular complexity index is 422. The molecule has 0 aliphatic heterocycles. The van der Waals surface area contributed by atoms with Crippen LogP contribution in [-0.2, 0) is 0 Å². The molecule has 0 bridgehead atoms. The Morgan fingerprint density at radius 2 is 1.95 bits per heavy atom. The molecule has 1 atom stereocenters. The maximum absolute atomic E-state index is 6.50. The van der Waals surface area contributed by atoms with Crippen LogP contribution in [0.25, 0.3) is 0 Å². The normalized spacial score (nSPS) is 19.3. The molecule has 0 saturated heterocycles. The fourth-order valence-corrected chi connectivity index (χ4v) is 5.31. The number of hydrogen-bond acceptors (Lipinski definition) is 3. The van der Waals surface area contributed by atoms with Crippen molar-refractivity contribution in [2.75, 3.05) is 19.6 Å². The molecule has 0 spiro atoms. The highest BCUT2D eigenvalue weighted by atomic mass is 35.5. The van der Waals surface area contributed by atoms with Gasteiger partial charge >= 0.3 is 0 Å². The first-order chi connectivity index (χ1) is 10.2. The van der Waals surface area contributed by atoms with Crippen LogP contribution in [0.4, 0.5) is 0 Å². The zero-order chi connectivity index (χ0) is 15.3. The Kier molecular flexibility index (Phi) is 6.54. The third kappa shape index (κ3) is 3.47. The fourth-order valence-electron chi connectivity index (χ4n) is 3.95. The van der Waals surface area contributed by atoms with E-state index in [9.17, 15) is 0 Å². The predicted octanol–water partition coefficient (Wildman–Crippen LogP) is 5.10. The second-order valence-corrected chi connectivity index (χ2v) is 7.36. The Morgan fingerprint density at radius 3 is 2.43 bits per heavy atom. The summed E-state index contributed by atoms with van der Waals surface area (Å²) < 4.78 is 0. The predicted molar refractivity (Wildman–Crippen MR) is 94.5 cm³/mol. The van der Waals surface area contributed by atoms with Crippen LogP contribution >= 0.6 is 22.9 Å². The summed E-state index contributed by atoms with van der Waals surface area (Å²) in [6.07, 6.45) is 6.40. The molecule has 2 rings (SSSR count). The quantitative estimate of drug-likeness (QED) is 0.714. The number of halogens is 1. The van der Waals surface area contributed by atoms with Crippen LogP contribution in [0.3, 0.4) is 0 Å². The van der Waals surface area contributed by atoms with Gasteiger partial charge in [0.25, 0.3) is 0 Å². The lowest BCUT2D eigenvalue weighted by Gasteiger charge is -2.46. The second-order valence-electron chi connectivity index (χ2n) is 6.00. The molecule has 1 N–H and O–H groups in total. The summed E-state index contributed by atoms with van der Waals surface area (Å²) in [4.78, 5) is 4.00. The molecule has 120 valence electrons. The Labute approximate surface area is 138 Å². The summed E-state index contributed by atoms with van der Waals surface area (Å²) in [6.45, 7) is 10.1. The summed E-state index contributed by atoms with van der Waals surface area (Å²) in [5, 5.41) is 6.89. The number of likely N-dealkylation sites (N-methyl/N-ethyl adjacent to an activating group) is 1. The molecule has 1 aromatic rings. The van der Waals surface area contributed by atoms with Gasteiger partial charge in [0.15, 0.2) is 0 Å². The molecule has 2 nitrogen and oxygen atoms in total. The van der Waals surface area contributed by atoms with Crippen LogP contribution in [0.1, 0.15) is 63.8 Å². The molecule has 0 radical (unpaired) electrons. The van der Waals surface area contributed by atoms with Crippen molar-refractivity contribution in [2.45, 2.75) is 64.5 Å². The molecule has 1 unspecified atom stereocenters. The minimum Gasteiger partial charge on any atom is -0.308 e. The van der Waals surface area contributed by atoms with E-state index < -0.39 is 0 Å². The van der Waals surface area contributed by atoms with Crippen molar-refractivity contribution in [3.05, 3.63) is 21.3 Å². The molecular weight excluding hydrogens is 300 g/mol.